The largest absolute Gasteiger partial charge is 0.481 e. The molecule has 18 heavy (non-hydrogen) atoms. The van der Waals surface area contributed by atoms with Gasteiger partial charge in [-0.2, -0.15) is 9.49 Å². The molecule has 0 saturated carbocycles. The van der Waals surface area contributed by atoms with Gasteiger partial charge in [0.05, 0.1) is 6.42 Å². The van der Waals surface area contributed by atoms with Crippen LogP contribution in [0.5, 0.6) is 0 Å². The highest BCUT2D eigenvalue weighted by molar-refractivity contribution is 5.66. The Labute approximate surface area is 102 Å². The van der Waals surface area contributed by atoms with Gasteiger partial charge in [-0.1, -0.05) is 0 Å². The van der Waals surface area contributed by atoms with E-state index in [1.54, 1.807) is 13.1 Å². The predicted octanol–water partition coefficient (Wildman–Crippen LogP) is 1.03. The van der Waals surface area contributed by atoms with E-state index < -0.39 is 11.9 Å². The van der Waals surface area contributed by atoms with Gasteiger partial charge in [-0.15, -0.1) is 0 Å². The highest BCUT2D eigenvalue weighted by Crippen LogP contribution is 2.15. The number of aryl methyl sites for hydroxylation is 2. The molecule has 0 unspecified atom stereocenters. The van der Waals surface area contributed by atoms with Crippen molar-refractivity contribution in [3.63, 3.8) is 0 Å². The van der Waals surface area contributed by atoms with Crippen LogP contribution in [0.3, 0.4) is 0 Å². The molecule has 2 aromatic heterocycles. The van der Waals surface area contributed by atoms with Crippen molar-refractivity contribution in [2.75, 3.05) is 0 Å². The minimum absolute atomic E-state index is 0.0227. The van der Waals surface area contributed by atoms with E-state index in [0.717, 1.165) is 0 Å². The number of aliphatic carboxylic acids is 1. The molecule has 0 aliphatic carbocycles. The first-order chi connectivity index (χ1) is 8.56. The standard InChI is InChI=1S/C11H11FN4O2/c1-16-11(7-2-3-8(12)13-6-7)14-9(15-16)4-5-10(17)18/h2-3,6H,4-5H2,1H3,(H,17,18). The monoisotopic (exact) mass is 250 g/mol. The van der Waals surface area contributed by atoms with Crippen LogP contribution in [0.2, 0.25) is 0 Å². The maximum absolute atomic E-state index is 12.7. The summed E-state index contributed by atoms with van der Waals surface area (Å²) >= 11 is 0. The average molecular weight is 250 g/mol. The van der Waals surface area contributed by atoms with Gasteiger partial charge in [-0.05, 0) is 12.1 Å². The average Bonchev–Trinajstić information content (AvgIpc) is 2.69. The van der Waals surface area contributed by atoms with Crippen LogP contribution < -0.4 is 0 Å². The molecule has 2 aromatic rings. The summed E-state index contributed by atoms with van der Waals surface area (Å²) in [5.41, 5.74) is 0.632. The Balaban J connectivity index is 2.23. The van der Waals surface area contributed by atoms with E-state index in [2.05, 4.69) is 15.1 Å². The number of carboxylic acid groups (broad SMARTS) is 1. The van der Waals surface area contributed by atoms with Gasteiger partial charge in [0.15, 0.2) is 11.6 Å². The molecule has 7 heteroatoms. The number of nitrogens with zero attached hydrogens (tertiary/aromatic N) is 4. The molecular formula is C11H11FN4O2. The van der Waals surface area contributed by atoms with Crippen LogP contribution in [0.4, 0.5) is 4.39 Å². The first kappa shape index (κ1) is 12.2. The number of pyridine rings is 1. The maximum atomic E-state index is 12.7. The summed E-state index contributed by atoms with van der Waals surface area (Å²) in [4.78, 5) is 18.2. The molecule has 0 bridgehead atoms. The van der Waals surface area contributed by atoms with Crippen LogP contribution in [0.1, 0.15) is 12.2 Å². The Bertz CT molecular complexity index is 565. The molecule has 0 atom stereocenters. The highest BCUT2D eigenvalue weighted by atomic mass is 19.1. The van der Waals surface area contributed by atoms with E-state index in [1.165, 1.54) is 16.9 Å². The Morgan fingerprint density at radius 3 is 2.89 bits per heavy atom. The fourth-order valence-corrected chi connectivity index (χ4v) is 1.52. The molecule has 0 spiro atoms. The molecule has 0 aliphatic rings. The minimum atomic E-state index is -0.896. The number of aromatic nitrogens is 4. The number of halogens is 1. The van der Waals surface area contributed by atoms with E-state index in [-0.39, 0.29) is 12.8 Å². The summed E-state index contributed by atoms with van der Waals surface area (Å²) in [6, 6.07) is 2.79. The molecule has 0 aromatic carbocycles. The summed E-state index contributed by atoms with van der Waals surface area (Å²) in [6.07, 6.45) is 1.60. The number of hydrogen-bond donors (Lipinski definition) is 1. The summed E-state index contributed by atoms with van der Waals surface area (Å²) in [5.74, 6) is -0.485. The molecule has 0 saturated heterocycles. The molecule has 2 rings (SSSR count). The Kier molecular flexibility index (Phi) is 3.31. The van der Waals surface area contributed by atoms with Crippen molar-refractivity contribution in [3.05, 3.63) is 30.1 Å². The van der Waals surface area contributed by atoms with Gasteiger partial charge in [0, 0.05) is 25.2 Å². The molecule has 0 amide bonds. The van der Waals surface area contributed by atoms with Gasteiger partial charge < -0.3 is 5.11 Å². The molecule has 0 radical (unpaired) electrons. The first-order valence-corrected chi connectivity index (χ1v) is 5.30. The Morgan fingerprint density at radius 2 is 2.28 bits per heavy atom. The summed E-state index contributed by atoms with van der Waals surface area (Å²) in [7, 11) is 1.69. The third-order valence-electron chi connectivity index (χ3n) is 2.35. The first-order valence-electron chi connectivity index (χ1n) is 5.30. The van der Waals surface area contributed by atoms with E-state index >= 15 is 0 Å². The highest BCUT2D eigenvalue weighted by Gasteiger charge is 2.11. The molecule has 6 nitrogen and oxygen atoms in total. The van der Waals surface area contributed by atoms with Crippen molar-refractivity contribution in [3.8, 4) is 11.4 Å². The lowest BCUT2D eigenvalue weighted by Gasteiger charge is -1.98. The molecule has 0 aliphatic heterocycles. The number of carbonyl (C=O) groups is 1. The molecule has 94 valence electrons. The third kappa shape index (κ3) is 2.68. The summed E-state index contributed by atoms with van der Waals surface area (Å²) in [5, 5.41) is 12.7. The quantitative estimate of drug-likeness (QED) is 0.820. The number of rotatable bonds is 4. The summed E-state index contributed by atoms with van der Waals surface area (Å²) < 4.78 is 14.2. The van der Waals surface area contributed by atoms with Gasteiger partial charge in [-0.25, -0.2) is 14.6 Å². The van der Waals surface area contributed by atoms with Crippen LogP contribution in [0.25, 0.3) is 11.4 Å². The maximum Gasteiger partial charge on any atom is 0.303 e. The van der Waals surface area contributed by atoms with Crippen LogP contribution in [-0.2, 0) is 18.3 Å². The van der Waals surface area contributed by atoms with E-state index in [4.69, 9.17) is 5.11 Å². The zero-order valence-electron chi connectivity index (χ0n) is 9.67. The van der Waals surface area contributed by atoms with Crippen molar-refractivity contribution in [2.45, 2.75) is 12.8 Å². The molecular weight excluding hydrogens is 239 g/mol. The lowest BCUT2D eigenvalue weighted by atomic mass is 10.2. The number of carboxylic acids is 1. The van der Waals surface area contributed by atoms with Crippen LogP contribution in [0.15, 0.2) is 18.3 Å². The lowest BCUT2D eigenvalue weighted by Crippen LogP contribution is -1.99. The van der Waals surface area contributed by atoms with Crippen molar-refractivity contribution >= 4 is 5.97 Å². The normalized spacial score (nSPS) is 10.6. The van der Waals surface area contributed by atoms with Crippen LogP contribution >= 0.6 is 0 Å². The second-order valence-corrected chi connectivity index (χ2v) is 3.74. The van der Waals surface area contributed by atoms with E-state index in [9.17, 15) is 9.18 Å². The molecule has 0 fully saturated rings. The van der Waals surface area contributed by atoms with Gasteiger partial charge in [-0.3, -0.25) is 4.79 Å². The van der Waals surface area contributed by atoms with Gasteiger partial charge in [0.2, 0.25) is 5.95 Å². The fourth-order valence-electron chi connectivity index (χ4n) is 1.52. The second kappa shape index (κ2) is 4.91. The van der Waals surface area contributed by atoms with Gasteiger partial charge in [0.1, 0.15) is 0 Å². The van der Waals surface area contributed by atoms with Crippen molar-refractivity contribution in [2.24, 2.45) is 7.05 Å². The predicted molar refractivity (Wildman–Crippen MR) is 60.1 cm³/mol. The zero-order chi connectivity index (χ0) is 13.1. The van der Waals surface area contributed by atoms with Crippen LogP contribution in [-0.4, -0.2) is 30.8 Å². The Morgan fingerprint density at radius 1 is 1.50 bits per heavy atom. The zero-order valence-corrected chi connectivity index (χ0v) is 9.67. The topological polar surface area (TPSA) is 80.9 Å². The van der Waals surface area contributed by atoms with E-state index in [0.29, 0.717) is 17.2 Å². The molecule has 1 N–H and O–H groups in total. The number of hydrogen-bond acceptors (Lipinski definition) is 4. The van der Waals surface area contributed by atoms with Crippen molar-refractivity contribution in [1.29, 1.82) is 0 Å². The van der Waals surface area contributed by atoms with Gasteiger partial charge in [0.25, 0.3) is 0 Å². The van der Waals surface area contributed by atoms with Crippen molar-refractivity contribution in [1.82, 2.24) is 19.7 Å². The lowest BCUT2D eigenvalue weighted by molar-refractivity contribution is -0.137. The SMILES string of the molecule is Cn1nc(CCC(=O)O)nc1-c1ccc(F)nc1. The smallest absolute Gasteiger partial charge is 0.303 e. The molecule has 2 heterocycles. The third-order valence-corrected chi connectivity index (χ3v) is 2.35. The minimum Gasteiger partial charge on any atom is -0.481 e. The van der Waals surface area contributed by atoms with Crippen molar-refractivity contribution < 1.29 is 14.3 Å². The van der Waals surface area contributed by atoms with Gasteiger partial charge >= 0.3 is 5.97 Å². The van der Waals surface area contributed by atoms with Crippen LogP contribution in [0, 0.1) is 5.95 Å². The fraction of sp³-hybridized carbons (Fsp3) is 0.273. The van der Waals surface area contributed by atoms with E-state index in [1.807, 2.05) is 0 Å². The second-order valence-electron chi connectivity index (χ2n) is 3.74. The Hall–Kier alpha value is -2.31. The summed E-state index contributed by atoms with van der Waals surface area (Å²) in [6.45, 7) is 0.